The Morgan fingerprint density at radius 2 is 2.15 bits per heavy atom. The van der Waals surface area contributed by atoms with E-state index in [1.54, 1.807) is 0 Å². The van der Waals surface area contributed by atoms with Gasteiger partial charge in [0, 0.05) is 19.2 Å². The van der Waals surface area contributed by atoms with Crippen molar-refractivity contribution in [2.75, 3.05) is 13.6 Å². The van der Waals surface area contributed by atoms with Crippen LogP contribution in [0.25, 0.3) is 5.65 Å². The first-order valence-corrected chi connectivity index (χ1v) is 6.87. The Balaban J connectivity index is 2.22. The molecule has 1 amide bonds. The lowest BCUT2D eigenvalue weighted by Crippen LogP contribution is -2.34. The van der Waals surface area contributed by atoms with Gasteiger partial charge in [-0.15, -0.1) is 10.2 Å². The van der Waals surface area contributed by atoms with E-state index >= 15 is 0 Å². The number of hydrogen-bond acceptors (Lipinski definition) is 4. The zero-order chi connectivity index (χ0) is 14.5. The molecule has 1 atom stereocenters. The van der Waals surface area contributed by atoms with Crippen LogP contribution in [0.2, 0.25) is 0 Å². The molecule has 0 aliphatic heterocycles. The van der Waals surface area contributed by atoms with Crippen LogP contribution in [0.1, 0.15) is 32.1 Å². The van der Waals surface area contributed by atoms with Gasteiger partial charge in [-0.25, -0.2) is 0 Å². The van der Waals surface area contributed by atoms with Gasteiger partial charge in [-0.05, 0) is 25.1 Å². The van der Waals surface area contributed by atoms with Crippen molar-refractivity contribution in [2.45, 2.75) is 26.3 Å². The maximum absolute atomic E-state index is 11.9. The second-order valence-electron chi connectivity index (χ2n) is 5.13. The topological polar surface area (TPSA) is 71.3 Å². The highest BCUT2D eigenvalue weighted by molar-refractivity contribution is 5.76. The van der Waals surface area contributed by atoms with E-state index < -0.39 is 0 Å². The summed E-state index contributed by atoms with van der Waals surface area (Å²) < 4.78 is 1.92. The SMILES string of the molecule is CNCCC(=O)NC(c1nnc2ccccn12)C(C)C. The fourth-order valence-corrected chi connectivity index (χ4v) is 2.09. The van der Waals surface area contributed by atoms with Gasteiger partial charge in [0.15, 0.2) is 11.5 Å². The Morgan fingerprint density at radius 1 is 1.35 bits per heavy atom. The summed E-state index contributed by atoms with van der Waals surface area (Å²) in [6.45, 7) is 4.79. The largest absolute Gasteiger partial charge is 0.346 e. The van der Waals surface area contributed by atoms with Crippen LogP contribution in [0.5, 0.6) is 0 Å². The van der Waals surface area contributed by atoms with Crippen LogP contribution in [-0.2, 0) is 4.79 Å². The number of rotatable bonds is 6. The zero-order valence-electron chi connectivity index (χ0n) is 12.1. The predicted molar refractivity (Wildman–Crippen MR) is 77.3 cm³/mol. The highest BCUT2D eigenvalue weighted by atomic mass is 16.1. The average Bonchev–Trinajstić information content (AvgIpc) is 2.86. The maximum atomic E-state index is 11.9. The van der Waals surface area contributed by atoms with E-state index in [9.17, 15) is 4.79 Å². The van der Waals surface area contributed by atoms with Gasteiger partial charge in [-0.3, -0.25) is 9.20 Å². The van der Waals surface area contributed by atoms with Gasteiger partial charge in [0.2, 0.25) is 5.91 Å². The summed E-state index contributed by atoms with van der Waals surface area (Å²) in [6.07, 6.45) is 2.37. The van der Waals surface area contributed by atoms with Crippen LogP contribution < -0.4 is 10.6 Å². The molecule has 1 unspecified atom stereocenters. The van der Waals surface area contributed by atoms with E-state index in [0.717, 1.165) is 11.5 Å². The van der Waals surface area contributed by atoms with Crippen molar-refractivity contribution in [3.8, 4) is 0 Å². The first-order valence-electron chi connectivity index (χ1n) is 6.87. The van der Waals surface area contributed by atoms with E-state index in [1.165, 1.54) is 0 Å². The van der Waals surface area contributed by atoms with Gasteiger partial charge >= 0.3 is 0 Å². The normalized spacial score (nSPS) is 12.8. The third-order valence-corrected chi connectivity index (χ3v) is 3.20. The first kappa shape index (κ1) is 14.5. The predicted octanol–water partition coefficient (Wildman–Crippen LogP) is 1.15. The van der Waals surface area contributed by atoms with Gasteiger partial charge in [-0.1, -0.05) is 19.9 Å². The minimum absolute atomic E-state index is 0.0192. The second-order valence-corrected chi connectivity index (χ2v) is 5.13. The minimum atomic E-state index is -0.142. The molecule has 2 aromatic heterocycles. The van der Waals surface area contributed by atoms with E-state index in [2.05, 4.69) is 34.7 Å². The third kappa shape index (κ3) is 3.14. The minimum Gasteiger partial charge on any atom is -0.346 e. The van der Waals surface area contributed by atoms with E-state index in [-0.39, 0.29) is 17.9 Å². The number of nitrogens with one attached hydrogen (secondary N) is 2. The van der Waals surface area contributed by atoms with Gasteiger partial charge < -0.3 is 10.6 Å². The number of nitrogens with zero attached hydrogens (tertiary/aromatic N) is 3. The molecule has 0 saturated carbocycles. The molecule has 0 fully saturated rings. The second kappa shape index (κ2) is 6.47. The summed E-state index contributed by atoms with van der Waals surface area (Å²) in [5.74, 6) is 1.03. The fraction of sp³-hybridized carbons (Fsp3) is 0.500. The molecule has 0 radical (unpaired) electrons. The lowest BCUT2D eigenvalue weighted by molar-refractivity contribution is -0.122. The summed E-state index contributed by atoms with van der Waals surface area (Å²) in [7, 11) is 1.83. The van der Waals surface area contributed by atoms with Crippen LogP contribution >= 0.6 is 0 Å². The number of hydrogen-bond donors (Lipinski definition) is 2. The Hall–Kier alpha value is -1.95. The van der Waals surface area contributed by atoms with Crippen molar-refractivity contribution < 1.29 is 4.79 Å². The lowest BCUT2D eigenvalue weighted by atomic mass is 10.0. The monoisotopic (exact) mass is 275 g/mol. The standard InChI is InChI=1S/C14H21N5O/c1-10(2)13(16-12(20)7-8-15-3)14-18-17-11-6-4-5-9-19(11)14/h4-6,9-10,13,15H,7-8H2,1-3H3,(H,16,20). The summed E-state index contributed by atoms with van der Waals surface area (Å²) in [5, 5.41) is 14.4. The van der Waals surface area contributed by atoms with Gasteiger partial charge in [0.05, 0.1) is 6.04 Å². The molecule has 2 rings (SSSR count). The molecular formula is C14H21N5O. The van der Waals surface area contributed by atoms with Crippen LogP contribution in [0, 0.1) is 5.92 Å². The highest BCUT2D eigenvalue weighted by Crippen LogP contribution is 2.20. The molecule has 6 nitrogen and oxygen atoms in total. The third-order valence-electron chi connectivity index (χ3n) is 3.20. The van der Waals surface area contributed by atoms with Crippen molar-refractivity contribution in [2.24, 2.45) is 5.92 Å². The maximum Gasteiger partial charge on any atom is 0.221 e. The molecule has 0 aromatic carbocycles. The Kier molecular flexibility index (Phi) is 4.68. The Morgan fingerprint density at radius 3 is 2.85 bits per heavy atom. The fourth-order valence-electron chi connectivity index (χ4n) is 2.09. The number of aromatic nitrogens is 3. The first-order chi connectivity index (χ1) is 9.63. The molecular weight excluding hydrogens is 254 g/mol. The van der Waals surface area contributed by atoms with Gasteiger partial charge in [0.1, 0.15) is 0 Å². The molecule has 0 aliphatic rings. The Labute approximate surface area is 118 Å². The van der Waals surface area contributed by atoms with Crippen molar-refractivity contribution in [3.63, 3.8) is 0 Å². The van der Waals surface area contributed by atoms with Crippen molar-refractivity contribution in [3.05, 3.63) is 30.2 Å². The number of fused-ring (bicyclic) bond motifs is 1. The van der Waals surface area contributed by atoms with Crippen LogP contribution in [-0.4, -0.2) is 34.1 Å². The quantitative estimate of drug-likeness (QED) is 0.829. The summed E-state index contributed by atoms with van der Waals surface area (Å²) in [6, 6.07) is 5.61. The van der Waals surface area contributed by atoms with Crippen molar-refractivity contribution in [1.82, 2.24) is 25.2 Å². The molecule has 0 saturated heterocycles. The summed E-state index contributed by atoms with van der Waals surface area (Å²) in [5.41, 5.74) is 0.789. The lowest BCUT2D eigenvalue weighted by Gasteiger charge is -2.20. The number of carbonyl (C=O) groups is 1. The molecule has 0 bridgehead atoms. The summed E-state index contributed by atoms with van der Waals surface area (Å²) in [4.78, 5) is 11.9. The average molecular weight is 275 g/mol. The van der Waals surface area contributed by atoms with E-state index in [1.807, 2.05) is 35.8 Å². The van der Waals surface area contributed by atoms with Crippen LogP contribution in [0.15, 0.2) is 24.4 Å². The number of carbonyl (C=O) groups excluding carboxylic acids is 1. The van der Waals surface area contributed by atoms with Crippen molar-refractivity contribution >= 4 is 11.6 Å². The Bertz CT molecular complexity index is 578. The molecule has 2 aromatic rings. The highest BCUT2D eigenvalue weighted by Gasteiger charge is 2.23. The van der Waals surface area contributed by atoms with Gasteiger partial charge in [-0.2, -0.15) is 0 Å². The molecule has 6 heteroatoms. The van der Waals surface area contributed by atoms with Crippen LogP contribution in [0.3, 0.4) is 0 Å². The molecule has 20 heavy (non-hydrogen) atoms. The number of amides is 1. The van der Waals surface area contributed by atoms with Crippen LogP contribution in [0.4, 0.5) is 0 Å². The molecule has 108 valence electrons. The van der Waals surface area contributed by atoms with Gasteiger partial charge in [0.25, 0.3) is 0 Å². The number of pyridine rings is 1. The smallest absolute Gasteiger partial charge is 0.221 e. The summed E-state index contributed by atoms with van der Waals surface area (Å²) >= 11 is 0. The molecule has 0 aliphatic carbocycles. The van der Waals surface area contributed by atoms with E-state index in [0.29, 0.717) is 13.0 Å². The molecule has 2 heterocycles. The van der Waals surface area contributed by atoms with Crippen molar-refractivity contribution in [1.29, 1.82) is 0 Å². The molecule has 0 spiro atoms. The zero-order valence-corrected chi connectivity index (χ0v) is 12.1. The molecule has 2 N–H and O–H groups in total. The van der Waals surface area contributed by atoms with E-state index in [4.69, 9.17) is 0 Å².